The minimum Gasteiger partial charge on any atom is -0.315 e. The van der Waals surface area contributed by atoms with Crippen LogP contribution in [0.25, 0.3) is 0 Å². The molecule has 0 aromatic carbocycles. The van der Waals surface area contributed by atoms with E-state index in [9.17, 15) is 8.42 Å². The van der Waals surface area contributed by atoms with Crippen molar-refractivity contribution in [2.75, 3.05) is 13.1 Å². The van der Waals surface area contributed by atoms with Gasteiger partial charge < -0.3 is 5.32 Å². The van der Waals surface area contributed by atoms with Gasteiger partial charge in [-0.05, 0) is 30.8 Å². The lowest BCUT2D eigenvalue weighted by atomic mass is 10.1. The summed E-state index contributed by atoms with van der Waals surface area (Å²) < 4.78 is 27.4. The zero-order chi connectivity index (χ0) is 13.0. The van der Waals surface area contributed by atoms with Gasteiger partial charge in [-0.1, -0.05) is 19.4 Å². The highest BCUT2D eigenvalue weighted by Gasteiger charge is 2.30. The summed E-state index contributed by atoms with van der Waals surface area (Å²) >= 11 is 1.61. The highest BCUT2D eigenvalue weighted by Crippen LogP contribution is 2.25. The van der Waals surface area contributed by atoms with Crippen molar-refractivity contribution in [3.05, 3.63) is 22.4 Å². The Morgan fingerprint density at radius 2 is 2.44 bits per heavy atom. The maximum atomic E-state index is 12.3. The molecule has 0 spiro atoms. The molecule has 1 aliphatic heterocycles. The van der Waals surface area contributed by atoms with E-state index in [-0.39, 0.29) is 11.3 Å². The lowest BCUT2D eigenvalue weighted by molar-refractivity contribution is 0.530. The van der Waals surface area contributed by atoms with Crippen molar-refractivity contribution in [3.8, 4) is 0 Å². The molecule has 102 valence electrons. The molecule has 0 aliphatic carbocycles. The van der Waals surface area contributed by atoms with Gasteiger partial charge in [0.15, 0.2) is 0 Å². The van der Waals surface area contributed by atoms with Crippen molar-refractivity contribution in [1.29, 1.82) is 0 Å². The fourth-order valence-corrected chi connectivity index (χ4v) is 4.71. The third-order valence-corrected chi connectivity index (χ3v) is 6.10. The molecule has 2 rings (SSSR count). The molecular formula is C12H20N2O2S2. The van der Waals surface area contributed by atoms with E-state index in [1.54, 1.807) is 11.3 Å². The monoisotopic (exact) mass is 288 g/mol. The summed E-state index contributed by atoms with van der Waals surface area (Å²) in [4.78, 5) is 1.10. The summed E-state index contributed by atoms with van der Waals surface area (Å²) in [5, 5.41) is 4.81. The van der Waals surface area contributed by atoms with E-state index in [1.807, 2.05) is 17.5 Å². The molecule has 1 saturated heterocycles. The van der Waals surface area contributed by atoms with E-state index in [0.717, 1.165) is 24.3 Å². The number of rotatable bonds is 6. The summed E-state index contributed by atoms with van der Waals surface area (Å²) in [6.07, 6.45) is 2.52. The first-order valence-electron chi connectivity index (χ1n) is 6.38. The lowest BCUT2D eigenvalue weighted by Gasteiger charge is -2.19. The van der Waals surface area contributed by atoms with Gasteiger partial charge in [0.05, 0.1) is 11.3 Å². The van der Waals surface area contributed by atoms with E-state index in [2.05, 4.69) is 17.0 Å². The Kier molecular flexibility index (Phi) is 4.77. The molecule has 0 amide bonds. The van der Waals surface area contributed by atoms with Crippen LogP contribution in [0, 0.1) is 0 Å². The zero-order valence-corrected chi connectivity index (χ0v) is 12.2. The number of hydrogen-bond donors (Lipinski definition) is 2. The molecule has 2 heterocycles. The molecule has 2 N–H and O–H groups in total. The third-order valence-electron chi connectivity index (χ3n) is 3.22. The molecule has 4 nitrogen and oxygen atoms in total. The van der Waals surface area contributed by atoms with E-state index < -0.39 is 10.0 Å². The highest BCUT2D eigenvalue weighted by molar-refractivity contribution is 7.90. The summed E-state index contributed by atoms with van der Waals surface area (Å²) in [7, 11) is -3.21. The molecule has 1 aliphatic rings. The van der Waals surface area contributed by atoms with Crippen LogP contribution in [0.4, 0.5) is 0 Å². The quantitative estimate of drug-likeness (QED) is 0.840. The smallest absolute Gasteiger partial charge is 0.216 e. The average Bonchev–Trinajstić information content (AvgIpc) is 3.02. The fraction of sp³-hybridized carbons (Fsp3) is 0.667. The average molecular weight is 288 g/mol. The zero-order valence-electron chi connectivity index (χ0n) is 10.6. The number of hydrogen-bond acceptors (Lipinski definition) is 4. The molecule has 0 bridgehead atoms. The largest absolute Gasteiger partial charge is 0.315 e. The van der Waals surface area contributed by atoms with Gasteiger partial charge in [0.2, 0.25) is 10.0 Å². The van der Waals surface area contributed by atoms with E-state index in [0.29, 0.717) is 13.0 Å². The van der Waals surface area contributed by atoms with Gasteiger partial charge in [0.25, 0.3) is 0 Å². The van der Waals surface area contributed by atoms with Crippen LogP contribution in [0.15, 0.2) is 17.5 Å². The van der Waals surface area contributed by atoms with Crippen molar-refractivity contribution in [1.82, 2.24) is 10.0 Å². The Labute approximate surface area is 113 Å². The van der Waals surface area contributed by atoms with Crippen molar-refractivity contribution in [3.63, 3.8) is 0 Å². The van der Waals surface area contributed by atoms with Crippen LogP contribution in [0.3, 0.4) is 0 Å². The molecule has 1 aromatic heterocycles. The second-order valence-corrected chi connectivity index (χ2v) is 7.61. The van der Waals surface area contributed by atoms with Crippen LogP contribution in [0.1, 0.15) is 37.1 Å². The second kappa shape index (κ2) is 6.14. The maximum Gasteiger partial charge on any atom is 0.216 e. The van der Waals surface area contributed by atoms with Gasteiger partial charge in [-0.3, -0.25) is 0 Å². The van der Waals surface area contributed by atoms with Crippen molar-refractivity contribution >= 4 is 21.4 Å². The van der Waals surface area contributed by atoms with E-state index in [4.69, 9.17) is 0 Å². The van der Waals surface area contributed by atoms with Crippen molar-refractivity contribution in [2.45, 2.75) is 37.5 Å². The van der Waals surface area contributed by atoms with Crippen LogP contribution in [0.2, 0.25) is 0 Å². The topological polar surface area (TPSA) is 58.2 Å². The molecule has 18 heavy (non-hydrogen) atoms. The van der Waals surface area contributed by atoms with Crippen molar-refractivity contribution in [2.24, 2.45) is 0 Å². The first kappa shape index (κ1) is 14.0. The number of nitrogens with one attached hydrogen (secondary N) is 2. The molecule has 0 radical (unpaired) electrons. The lowest BCUT2D eigenvalue weighted by Crippen LogP contribution is -2.37. The Balaban J connectivity index is 2.08. The summed E-state index contributed by atoms with van der Waals surface area (Å²) in [6, 6.07) is 3.90. The maximum absolute atomic E-state index is 12.3. The van der Waals surface area contributed by atoms with Crippen LogP contribution in [-0.2, 0) is 10.0 Å². The molecule has 1 aromatic rings. The normalized spacial score (nSPS) is 22.2. The Morgan fingerprint density at radius 3 is 3.00 bits per heavy atom. The standard InChI is InChI=1S/C12H20N2O2S2/c1-2-4-11(12-5-3-8-17-12)14-18(15,16)10-6-7-13-9-10/h3,5,8,10-11,13-14H,2,4,6-7,9H2,1H3. The summed E-state index contributed by atoms with van der Waals surface area (Å²) in [5.41, 5.74) is 0. The van der Waals surface area contributed by atoms with Crippen LogP contribution in [-0.4, -0.2) is 26.8 Å². The van der Waals surface area contributed by atoms with Crippen molar-refractivity contribution < 1.29 is 8.42 Å². The minimum absolute atomic E-state index is 0.0689. The predicted octanol–water partition coefficient (Wildman–Crippen LogP) is 1.87. The van der Waals surface area contributed by atoms with Gasteiger partial charge in [-0.25, -0.2) is 13.1 Å². The summed E-state index contributed by atoms with van der Waals surface area (Å²) in [5.74, 6) is 0. The molecule has 1 fully saturated rings. The molecular weight excluding hydrogens is 268 g/mol. The van der Waals surface area contributed by atoms with Crippen LogP contribution < -0.4 is 10.0 Å². The molecule has 2 unspecified atom stereocenters. The number of sulfonamides is 1. The van der Waals surface area contributed by atoms with Crippen LogP contribution in [0.5, 0.6) is 0 Å². The molecule has 2 atom stereocenters. The SMILES string of the molecule is CCCC(NS(=O)(=O)C1CCNC1)c1cccs1. The molecule has 6 heteroatoms. The Bertz CT molecular complexity index is 450. The van der Waals surface area contributed by atoms with Gasteiger partial charge in [0.1, 0.15) is 0 Å². The highest BCUT2D eigenvalue weighted by atomic mass is 32.2. The second-order valence-electron chi connectivity index (χ2n) is 4.63. The number of thiophene rings is 1. The molecule has 0 saturated carbocycles. The van der Waals surface area contributed by atoms with Gasteiger partial charge in [0, 0.05) is 11.4 Å². The van der Waals surface area contributed by atoms with Gasteiger partial charge >= 0.3 is 0 Å². The van der Waals surface area contributed by atoms with Gasteiger partial charge in [-0.15, -0.1) is 11.3 Å². The first-order chi connectivity index (χ1) is 8.63. The predicted molar refractivity (Wildman–Crippen MR) is 75.3 cm³/mol. The summed E-state index contributed by atoms with van der Waals surface area (Å²) in [6.45, 7) is 3.44. The minimum atomic E-state index is -3.21. The van der Waals surface area contributed by atoms with Gasteiger partial charge in [-0.2, -0.15) is 0 Å². The Hall–Kier alpha value is -0.430. The first-order valence-corrected chi connectivity index (χ1v) is 8.81. The Morgan fingerprint density at radius 1 is 1.61 bits per heavy atom. The van der Waals surface area contributed by atoms with Crippen LogP contribution >= 0.6 is 11.3 Å². The fourth-order valence-electron chi connectivity index (χ4n) is 2.23. The third kappa shape index (κ3) is 3.32. The van der Waals surface area contributed by atoms with E-state index >= 15 is 0 Å². The van der Waals surface area contributed by atoms with E-state index in [1.165, 1.54) is 0 Å².